The molecule has 9 rings (SSSR count). The fourth-order valence-electron chi connectivity index (χ4n) is 7.00. The second kappa shape index (κ2) is 12.4. The van der Waals surface area contributed by atoms with Gasteiger partial charge in [0.05, 0.1) is 5.76 Å². The maximum Gasteiger partial charge on any atom is 0.155 e. The summed E-state index contributed by atoms with van der Waals surface area (Å²) in [5, 5.41) is 19.3. The first-order valence-electron chi connectivity index (χ1n) is 15.1. The van der Waals surface area contributed by atoms with Crippen molar-refractivity contribution in [2.75, 3.05) is 0 Å². The van der Waals surface area contributed by atoms with Crippen molar-refractivity contribution in [3.05, 3.63) is 139 Å². The van der Waals surface area contributed by atoms with Gasteiger partial charge < -0.3 is 10.1 Å². The summed E-state index contributed by atoms with van der Waals surface area (Å²) in [6, 6.07) is 46.7. The van der Waals surface area contributed by atoms with Gasteiger partial charge in [0.1, 0.15) is 8.07 Å². The van der Waals surface area contributed by atoms with Gasteiger partial charge in [-0.2, -0.15) is 0 Å². The molecule has 0 saturated carbocycles. The summed E-state index contributed by atoms with van der Waals surface area (Å²) in [4.78, 5) is 15.0. The predicted octanol–water partition coefficient (Wildman–Crippen LogP) is 8.01. The van der Waals surface area contributed by atoms with Crippen LogP contribution >= 0.6 is 22.7 Å². The molecule has 1 N–H and O–H groups in total. The topological polar surface area (TPSA) is 50.2 Å². The molecule has 1 radical (unpaired) electrons. The zero-order chi connectivity index (χ0) is 31.4. The Labute approximate surface area is 295 Å². The number of fused-ring (bicyclic) bond motifs is 9. The van der Waals surface area contributed by atoms with Gasteiger partial charge in [-0.05, 0) is 49.9 Å². The van der Waals surface area contributed by atoms with Crippen LogP contribution in [0.2, 0.25) is 0 Å². The summed E-state index contributed by atoms with van der Waals surface area (Å²) in [6.45, 7) is 2.85. The van der Waals surface area contributed by atoms with Crippen molar-refractivity contribution in [2.45, 2.75) is 13.8 Å². The van der Waals surface area contributed by atoms with Crippen LogP contribution in [-0.2, 0) is 24.9 Å². The largest absolute Gasteiger partial charge is 0.512 e. The van der Waals surface area contributed by atoms with Crippen LogP contribution in [0.5, 0.6) is 0 Å². The molecular weight excluding hydrogens is 811 g/mol. The summed E-state index contributed by atoms with van der Waals surface area (Å²) in [6.07, 6.45) is 3.10. The number of nitrogens with zero attached hydrogens (tertiary/aromatic N) is 1. The second-order valence-electron chi connectivity index (χ2n) is 11.6. The van der Waals surface area contributed by atoms with Gasteiger partial charge in [0.15, 0.2) is 5.78 Å². The Hall–Kier alpha value is -4.23. The molecule has 0 aliphatic carbocycles. The van der Waals surface area contributed by atoms with Gasteiger partial charge in [-0.1, -0.05) is 82.3 Å². The van der Waals surface area contributed by atoms with Crippen LogP contribution in [0, 0.1) is 6.07 Å². The monoisotopic (exact) mass is 839 g/mol. The van der Waals surface area contributed by atoms with E-state index in [4.69, 9.17) is 10.1 Å². The minimum atomic E-state index is -2.67. The molecule has 8 aromatic rings. The quantitative estimate of drug-likeness (QED) is 0.0850. The molecular formula is C40H28IrNO2S2Si-. The maximum absolute atomic E-state index is 10.0. The average Bonchev–Trinajstić information content (AvgIpc) is 3.72. The number of aliphatic hydroxyl groups is 1. The minimum Gasteiger partial charge on any atom is -0.512 e. The van der Waals surface area contributed by atoms with Crippen molar-refractivity contribution in [2.24, 2.45) is 0 Å². The number of thiophene rings is 2. The van der Waals surface area contributed by atoms with Gasteiger partial charge in [0, 0.05) is 72.7 Å². The van der Waals surface area contributed by atoms with Gasteiger partial charge in [-0.3, -0.25) is 4.79 Å². The van der Waals surface area contributed by atoms with Crippen LogP contribution in [0.4, 0.5) is 0 Å². The van der Waals surface area contributed by atoms with E-state index in [9.17, 15) is 4.79 Å². The molecule has 1 aliphatic rings. The number of hydrogen-bond acceptors (Lipinski definition) is 5. The van der Waals surface area contributed by atoms with Crippen molar-refractivity contribution in [1.82, 2.24) is 4.98 Å². The molecule has 1 aliphatic heterocycles. The van der Waals surface area contributed by atoms with Crippen LogP contribution in [0.15, 0.2) is 133 Å². The first-order valence-corrected chi connectivity index (χ1v) is 18.8. The number of carbonyl (C=O) groups excluding carboxylic acids is 1. The molecule has 0 saturated heterocycles. The van der Waals surface area contributed by atoms with Gasteiger partial charge in [0.25, 0.3) is 0 Å². The third-order valence-electron chi connectivity index (χ3n) is 8.74. The Morgan fingerprint density at radius 1 is 0.702 bits per heavy atom. The number of aliphatic hydroxyl groups excluding tert-OH is 1. The van der Waals surface area contributed by atoms with Crippen molar-refractivity contribution in [3.8, 4) is 11.3 Å². The van der Waals surface area contributed by atoms with E-state index in [0.29, 0.717) is 0 Å². The van der Waals surface area contributed by atoms with E-state index in [-0.39, 0.29) is 31.6 Å². The van der Waals surface area contributed by atoms with Crippen LogP contribution in [0.1, 0.15) is 13.8 Å². The predicted molar refractivity (Wildman–Crippen MR) is 199 cm³/mol. The maximum atomic E-state index is 10.0. The molecule has 0 bridgehead atoms. The zero-order valence-corrected chi connectivity index (χ0v) is 30.6. The number of rotatable bonds is 3. The molecule has 47 heavy (non-hydrogen) atoms. The zero-order valence-electron chi connectivity index (χ0n) is 25.6. The summed E-state index contributed by atoms with van der Waals surface area (Å²) in [5.41, 5.74) is 2.25. The Kier molecular flexibility index (Phi) is 8.29. The van der Waals surface area contributed by atoms with Crippen molar-refractivity contribution in [3.63, 3.8) is 0 Å². The van der Waals surface area contributed by atoms with E-state index in [1.54, 1.807) is 0 Å². The van der Waals surface area contributed by atoms with Gasteiger partial charge >= 0.3 is 0 Å². The smallest absolute Gasteiger partial charge is 0.155 e. The molecule has 5 aromatic carbocycles. The van der Waals surface area contributed by atoms with E-state index in [0.717, 1.165) is 11.3 Å². The summed E-state index contributed by atoms with van der Waals surface area (Å²) in [5.74, 6) is -0.0625. The molecule has 0 atom stereocenters. The molecule has 0 amide bonds. The molecule has 231 valence electrons. The number of hydrogen-bond donors (Lipinski definition) is 1. The SMILES string of the molecule is CC(=O)/C=C(/C)O.[Ir].[c-]1cccc2c1-c1ncccc1[Si]2(c1ccc2sc3ccccc3c2c1)c1ccc2sc3ccccc3c2c1. The van der Waals surface area contributed by atoms with Crippen molar-refractivity contribution in [1.29, 1.82) is 0 Å². The van der Waals surface area contributed by atoms with E-state index in [1.165, 1.54) is 81.0 Å². The molecule has 0 fully saturated rings. The Morgan fingerprint density at radius 2 is 1.26 bits per heavy atom. The Bertz CT molecular complexity index is 2350. The summed E-state index contributed by atoms with van der Waals surface area (Å²) >= 11 is 3.76. The molecule has 3 nitrogen and oxygen atoms in total. The van der Waals surface area contributed by atoms with Crippen LogP contribution in [0.3, 0.4) is 0 Å². The Morgan fingerprint density at radius 3 is 1.81 bits per heavy atom. The minimum absolute atomic E-state index is 0. The molecule has 3 aromatic heterocycles. The number of aromatic nitrogens is 1. The number of allylic oxidation sites excluding steroid dienone is 2. The van der Waals surface area contributed by atoms with Gasteiger partial charge in [-0.25, -0.2) is 0 Å². The normalized spacial score (nSPS) is 13.2. The standard InChI is InChI=1S/C35H20NS2Si.C5H8O2.Ir/c1-4-11-29-24(8-1)27-20-22(15-17-31(27)37-29)39(33-13-6-3-10-26(33)35-34(39)14-7-19-36-35)23-16-18-32-28(21-23)25-9-2-5-12-30(25)38-32;1-4(6)3-5(2)7;/h1-9,11-21H;3,6H,1-2H3;/q-1;;/b;4-3-;. The second-order valence-corrected chi connectivity index (χ2v) is 17.5. The first kappa shape index (κ1) is 31.4. The summed E-state index contributed by atoms with van der Waals surface area (Å²) < 4.78 is 5.36. The van der Waals surface area contributed by atoms with E-state index in [1.807, 2.05) is 34.9 Å². The third-order valence-corrected chi connectivity index (χ3v) is 15.8. The molecule has 7 heteroatoms. The van der Waals surface area contributed by atoms with E-state index >= 15 is 0 Å². The summed E-state index contributed by atoms with van der Waals surface area (Å²) in [7, 11) is -2.67. The Balaban J connectivity index is 0.000000399. The van der Waals surface area contributed by atoms with Crippen molar-refractivity contribution >= 4 is 97.6 Å². The number of ketones is 1. The number of pyridine rings is 1. The van der Waals surface area contributed by atoms with E-state index < -0.39 is 8.07 Å². The fourth-order valence-corrected chi connectivity index (χ4v) is 14.2. The van der Waals surface area contributed by atoms with Crippen LogP contribution in [0.25, 0.3) is 51.6 Å². The van der Waals surface area contributed by atoms with Crippen LogP contribution in [-0.4, -0.2) is 23.9 Å². The third kappa shape index (κ3) is 5.10. The van der Waals surface area contributed by atoms with Gasteiger partial charge in [0.2, 0.25) is 0 Å². The number of carbonyl (C=O) groups is 1. The van der Waals surface area contributed by atoms with Crippen molar-refractivity contribution < 1.29 is 30.0 Å². The van der Waals surface area contributed by atoms with E-state index in [2.05, 4.69) is 115 Å². The number of benzene rings is 5. The fraction of sp³-hybridized carbons (Fsp3) is 0.0500. The molecule has 0 spiro atoms. The van der Waals surface area contributed by atoms with Crippen LogP contribution < -0.4 is 20.7 Å². The molecule has 0 unspecified atom stereocenters. The molecule has 4 heterocycles. The van der Waals surface area contributed by atoms with Gasteiger partial charge in [-0.15, -0.1) is 57.7 Å². The average molecular weight is 839 g/mol. The first-order chi connectivity index (χ1) is 22.4.